The number of sulfonamides is 1. The lowest BCUT2D eigenvalue weighted by Crippen LogP contribution is -2.30. The first-order valence-corrected chi connectivity index (χ1v) is 11.9. The number of para-hydroxylation sites is 1. The molecule has 178 valence electrons. The van der Waals surface area contributed by atoms with E-state index in [4.69, 9.17) is 9.47 Å². The molecule has 0 bridgehead atoms. The van der Waals surface area contributed by atoms with Crippen molar-refractivity contribution < 1.29 is 22.7 Å². The van der Waals surface area contributed by atoms with Crippen molar-refractivity contribution in [3.63, 3.8) is 0 Å². The van der Waals surface area contributed by atoms with Crippen molar-refractivity contribution in [2.75, 3.05) is 32.6 Å². The molecule has 3 rings (SSSR count). The Balaban J connectivity index is 1.84. The molecule has 0 aliphatic rings. The number of ether oxygens (including phenoxy) is 2. The lowest BCUT2D eigenvalue weighted by Gasteiger charge is -2.17. The van der Waals surface area contributed by atoms with Crippen LogP contribution in [0.25, 0.3) is 0 Å². The number of aryl methyl sites for hydroxylation is 1. The molecular weight excluding hydrogens is 446 g/mol. The van der Waals surface area contributed by atoms with Crippen LogP contribution >= 0.6 is 0 Å². The van der Waals surface area contributed by atoms with E-state index in [0.29, 0.717) is 37.0 Å². The average molecular weight is 476 g/mol. The third-order valence-electron chi connectivity index (χ3n) is 5.32. The van der Waals surface area contributed by atoms with Crippen molar-refractivity contribution in [3.8, 4) is 11.5 Å². The second-order valence-electron chi connectivity index (χ2n) is 7.24. The molecule has 0 radical (unpaired) electrons. The fourth-order valence-electron chi connectivity index (χ4n) is 3.60. The number of carbonyl (C=O) groups excluding carboxylic acids is 1. The number of amides is 1. The fraction of sp³-hybridized carbons (Fsp3) is 0.364. The zero-order valence-corrected chi connectivity index (χ0v) is 20.2. The van der Waals surface area contributed by atoms with Gasteiger partial charge in [0.2, 0.25) is 10.0 Å². The number of rotatable bonds is 10. The Morgan fingerprint density at radius 1 is 1.15 bits per heavy atom. The van der Waals surface area contributed by atoms with E-state index in [1.54, 1.807) is 58.1 Å². The minimum absolute atomic E-state index is 0.0773. The van der Waals surface area contributed by atoms with Gasteiger partial charge < -0.3 is 19.4 Å². The van der Waals surface area contributed by atoms with Crippen LogP contribution in [0.1, 0.15) is 29.9 Å². The Bertz CT molecular complexity index is 1230. The molecule has 0 aliphatic heterocycles. The summed E-state index contributed by atoms with van der Waals surface area (Å²) in [6.45, 7) is 4.58. The van der Waals surface area contributed by atoms with E-state index >= 15 is 0 Å². The number of carbonyl (C=O) groups is 1. The van der Waals surface area contributed by atoms with E-state index in [9.17, 15) is 13.2 Å². The number of nitrogens with one attached hydrogen (secondary N) is 1. The smallest absolute Gasteiger partial charge is 0.273 e. The van der Waals surface area contributed by atoms with Crippen molar-refractivity contribution in [3.05, 3.63) is 54.0 Å². The largest absolute Gasteiger partial charge is 0.493 e. The Morgan fingerprint density at radius 3 is 2.52 bits per heavy atom. The first kappa shape index (κ1) is 24.3. The number of hydrogen-bond donors (Lipinski definition) is 1. The van der Waals surface area contributed by atoms with E-state index < -0.39 is 15.9 Å². The second-order valence-corrected chi connectivity index (χ2v) is 9.18. The molecule has 0 saturated carbocycles. The number of anilines is 1. The van der Waals surface area contributed by atoms with Gasteiger partial charge in [0.25, 0.3) is 5.91 Å². The molecule has 2 heterocycles. The van der Waals surface area contributed by atoms with Crippen LogP contribution in [0.5, 0.6) is 11.5 Å². The van der Waals surface area contributed by atoms with Gasteiger partial charge in [0.05, 0.1) is 27.0 Å². The predicted octanol–water partition coefficient (Wildman–Crippen LogP) is 2.57. The summed E-state index contributed by atoms with van der Waals surface area (Å²) in [4.78, 5) is 13.1. The van der Waals surface area contributed by atoms with E-state index in [0.717, 1.165) is 5.56 Å². The Kier molecular flexibility index (Phi) is 7.44. The third-order valence-corrected chi connectivity index (χ3v) is 7.33. The molecule has 0 atom stereocenters. The van der Waals surface area contributed by atoms with Gasteiger partial charge >= 0.3 is 0 Å². The van der Waals surface area contributed by atoms with Crippen LogP contribution in [0.3, 0.4) is 0 Å². The van der Waals surface area contributed by atoms with E-state index in [2.05, 4.69) is 10.4 Å². The third kappa shape index (κ3) is 4.88. The molecule has 0 fully saturated rings. The van der Waals surface area contributed by atoms with Gasteiger partial charge in [0.1, 0.15) is 16.4 Å². The van der Waals surface area contributed by atoms with Gasteiger partial charge in [0, 0.05) is 38.0 Å². The van der Waals surface area contributed by atoms with E-state index in [1.807, 2.05) is 12.1 Å². The Labute approximate surface area is 193 Å². The zero-order valence-electron chi connectivity index (χ0n) is 19.4. The fourth-order valence-corrected chi connectivity index (χ4v) is 5.13. The van der Waals surface area contributed by atoms with Crippen LogP contribution in [0.4, 0.5) is 5.82 Å². The lowest BCUT2D eigenvalue weighted by molar-refractivity contribution is 0.101. The maximum Gasteiger partial charge on any atom is 0.273 e. The number of hydrogen-bond acceptors (Lipinski definition) is 6. The van der Waals surface area contributed by atoms with Crippen LogP contribution in [0, 0.1) is 0 Å². The molecular formula is C22H29N5O5S. The standard InChI is InChI=1S/C22H29N5O5S/c1-6-26(7-2)33(29,30)17-13-18(25(3)15-17)22(28)24-20-11-12-23-27(20)14-16-9-8-10-19(31-4)21(16)32-5/h8-13,15H,6-7,14H2,1-5H3,(H,24,28). The molecule has 1 aromatic carbocycles. The average Bonchev–Trinajstić information content (AvgIpc) is 3.40. The molecule has 1 N–H and O–H groups in total. The van der Waals surface area contributed by atoms with Crippen molar-refractivity contribution in [2.24, 2.45) is 7.05 Å². The molecule has 3 aromatic rings. The highest BCUT2D eigenvalue weighted by molar-refractivity contribution is 7.89. The molecule has 1 amide bonds. The molecule has 2 aromatic heterocycles. The summed E-state index contributed by atoms with van der Waals surface area (Å²) < 4.78 is 40.9. The molecule has 0 spiro atoms. The maximum absolute atomic E-state index is 13.0. The van der Waals surface area contributed by atoms with Crippen LogP contribution in [0.15, 0.2) is 47.6 Å². The monoisotopic (exact) mass is 475 g/mol. The zero-order chi connectivity index (χ0) is 24.2. The number of aromatic nitrogens is 3. The highest BCUT2D eigenvalue weighted by atomic mass is 32.2. The molecule has 10 nitrogen and oxygen atoms in total. The first-order valence-electron chi connectivity index (χ1n) is 10.5. The second kappa shape index (κ2) is 10.1. The summed E-state index contributed by atoms with van der Waals surface area (Å²) in [5.41, 5.74) is 1.04. The predicted molar refractivity (Wildman–Crippen MR) is 124 cm³/mol. The number of nitrogens with zero attached hydrogens (tertiary/aromatic N) is 4. The van der Waals surface area contributed by atoms with Gasteiger partial charge in [0.15, 0.2) is 11.5 Å². The summed E-state index contributed by atoms with van der Waals surface area (Å²) in [5, 5.41) is 7.11. The van der Waals surface area contributed by atoms with Crippen LogP contribution < -0.4 is 14.8 Å². The highest BCUT2D eigenvalue weighted by Gasteiger charge is 2.25. The van der Waals surface area contributed by atoms with Gasteiger partial charge in [-0.15, -0.1) is 0 Å². The van der Waals surface area contributed by atoms with Gasteiger partial charge in [-0.3, -0.25) is 4.79 Å². The van der Waals surface area contributed by atoms with Gasteiger partial charge in [-0.05, 0) is 12.1 Å². The topological polar surface area (TPSA) is 108 Å². The maximum atomic E-state index is 13.0. The minimum atomic E-state index is -3.67. The van der Waals surface area contributed by atoms with E-state index in [1.165, 1.54) is 21.1 Å². The number of methoxy groups -OCH3 is 2. The van der Waals surface area contributed by atoms with Crippen molar-refractivity contribution in [1.29, 1.82) is 0 Å². The summed E-state index contributed by atoms with van der Waals surface area (Å²) in [5.74, 6) is 1.19. The number of benzene rings is 1. The lowest BCUT2D eigenvalue weighted by atomic mass is 10.2. The molecule has 0 saturated heterocycles. The van der Waals surface area contributed by atoms with Gasteiger partial charge in [-0.1, -0.05) is 26.0 Å². The summed E-state index contributed by atoms with van der Waals surface area (Å²) in [7, 11) is 1.09. The minimum Gasteiger partial charge on any atom is -0.493 e. The van der Waals surface area contributed by atoms with Crippen molar-refractivity contribution in [2.45, 2.75) is 25.3 Å². The van der Waals surface area contributed by atoms with Gasteiger partial charge in [-0.25, -0.2) is 13.1 Å². The molecule has 11 heteroatoms. The molecule has 33 heavy (non-hydrogen) atoms. The quantitative estimate of drug-likeness (QED) is 0.483. The highest BCUT2D eigenvalue weighted by Crippen LogP contribution is 2.31. The SMILES string of the molecule is CCN(CC)S(=O)(=O)c1cc(C(=O)Nc2ccnn2Cc2cccc(OC)c2OC)n(C)c1. The van der Waals surface area contributed by atoms with Gasteiger partial charge in [-0.2, -0.15) is 9.40 Å². The Hall–Kier alpha value is -3.31. The normalized spacial score (nSPS) is 11.6. The summed E-state index contributed by atoms with van der Waals surface area (Å²) in [6.07, 6.45) is 3.02. The summed E-state index contributed by atoms with van der Waals surface area (Å²) >= 11 is 0. The summed E-state index contributed by atoms with van der Waals surface area (Å²) in [6, 6.07) is 8.58. The van der Waals surface area contributed by atoms with Crippen molar-refractivity contribution >= 4 is 21.7 Å². The van der Waals surface area contributed by atoms with Crippen LogP contribution in [-0.2, 0) is 23.6 Å². The van der Waals surface area contributed by atoms with Crippen LogP contribution in [-0.4, -0.2) is 60.3 Å². The van der Waals surface area contributed by atoms with E-state index in [-0.39, 0.29) is 10.6 Å². The Morgan fingerprint density at radius 2 is 1.88 bits per heavy atom. The van der Waals surface area contributed by atoms with Crippen molar-refractivity contribution in [1.82, 2.24) is 18.7 Å². The first-order chi connectivity index (χ1) is 15.8. The van der Waals surface area contributed by atoms with Crippen LogP contribution in [0.2, 0.25) is 0 Å². The molecule has 0 unspecified atom stereocenters. The molecule has 0 aliphatic carbocycles.